The number of halogens is 1. The third-order valence-electron chi connectivity index (χ3n) is 5.27. The number of amides is 1. The fourth-order valence-electron chi connectivity index (χ4n) is 3.42. The molecule has 1 amide bonds. The van der Waals surface area contributed by atoms with Gasteiger partial charge in [-0.1, -0.05) is 0 Å². The number of rotatable bonds is 6. The number of imidazole rings is 1. The van der Waals surface area contributed by atoms with Gasteiger partial charge < -0.3 is 4.98 Å². The van der Waals surface area contributed by atoms with Gasteiger partial charge in [-0.2, -0.15) is 5.10 Å². The van der Waals surface area contributed by atoms with E-state index in [1.54, 1.807) is 23.1 Å². The normalized spacial score (nSPS) is 12.3. The quantitative estimate of drug-likeness (QED) is 0.342. The van der Waals surface area contributed by atoms with Crippen LogP contribution < -0.4 is 10.9 Å². The van der Waals surface area contributed by atoms with Gasteiger partial charge in [0.15, 0.2) is 5.65 Å². The summed E-state index contributed by atoms with van der Waals surface area (Å²) in [4.78, 5) is 28.7. The summed E-state index contributed by atoms with van der Waals surface area (Å²) in [5.41, 5.74) is 3.73. The molecular formula is C22H23FN9O2P. The second kappa shape index (κ2) is 8.62. The first kappa shape index (κ1) is 22.7. The van der Waals surface area contributed by atoms with Crippen LogP contribution in [0.15, 0.2) is 41.3 Å². The van der Waals surface area contributed by atoms with E-state index in [9.17, 15) is 9.18 Å². The van der Waals surface area contributed by atoms with Crippen molar-refractivity contribution >= 4 is 30.0 Å². The molecule has 0 fully saturated rings. The summed E-state index contributed by atoms with van der Waals surface area (Å²) < 4.78 is 22.1. The Hall–Kier alpha value is -4.05. The van der Waals surface area contributed by atoms with Crippen molar-refractivity contribution in [1.29, 1.82) is 0 Å². The van der Waals surface area contributed by atoms with Crippen LogP contribution in [0.25, 0.3) is 33.7 Å². The Kier molecular flexibility index (Phi) is 5.60. The van der Waals surface area contributed by atoms with E-state index >= 15 is 0 Å². The van der Waals surface area contributed by atoms with Gasteiger partial charge in [0.25, 0.3) is 0 Å². The first-order valence-corrected chi connectivity index (χ1v) is 14.3. The maximum atomic E-state index is 14.9. The van der Waals surface area contributed by atoms with Crippen LogP contribution >= 0.6 is 7.26 Å². The zero-order valence-electron chi connectivity index (χ0n) is 19.5. The first-order chi connectivity index (χ1) is 16.7. The minimum Gasteiger partial charge on any atom is -0.323 e. The van der Waals surface area contributed by atoms with Gasteiger partial charge >= 0.3 is 132 Å². The number of aromatic nitrogens is 8. The summed E-state index contributed by atoms with van der Waals surface area (Å²) >= 11 is 0. The van der Waals surface area contributed by atoms with Gasteiger partial charge in [0.05, 0.1) is 11.8 Å². The fourth-order valence-corrected chi connectivity index (χ4v) is 4.18. The van der Waals surface area contributed by atoms with Crippen LogP contribution in [0.2, 0.25) is 0 Å². The van der Waals surface area contributed by atoms with Crippen LogP contribution in [-0.4, -0.2) is 65.8 Å². The van der Waals surface area contributed by atoms with Crippen LogP contribution in [0.3, 0.4) is 0 Å². The number of nitrogens with zero attached hydrogens (tertiary/aromatic N) is 7. The summed E-state index contributed by atoms with van der Waals surface area (Å²) in [6, 6.07) is 3.11. The maximum absolute atomic E-state index is 14.9. The molecule has 180 valence electrons. The molecular weight excluding hydrogens is 472 g/mol. The summed E-state index contributed by atoms with van der Waals surface area (Å²) in [5, 5.41) is 14.5. The van der Waals surface area contributed by atoms with Gasteiger partial charge in [0.1, 0.15) is 5.82 Å². The molecule has 0 saturated heterocycles. The molecule has 5 aromatic heterocycles. The van der Waals surface area contributed by atoms with Crippen molar-refractivity contribution in [2.45, 2.75) is 6.54 Å². The molecule has 0 unspecified atom stereocenters. The van der Waals surface area contributed by atoms with Gasteiger partial charge in [-0.05, 0) is 0 Å². The van der Waals surface area contributed by atoms with E-state index in [0.717, 1.165) is 5.56 Å². The second-order valence-corrected chi connectivity index (χ2v) is 14.0. The Balaban J connectivity index is 1.36. The Labute approximate surface area is 199 Å². The molecule has 0 atom stereocenters. The van der Waals surface area contributed by atoms with E-state index in [-0.39, 0.29) is 18.1 Å². The van der Waals surface area contributed by atoms with Crippen molar-refractivity contribution in [2.75, 3.05) is 20.0 Å². The second-order valence-electron chi connectivity index (χ2n) is 9.04. The van der Waals surface area contributed by atoms with E-state index in [1.807, 2.05) is 33.2 Å². The number of fused-ring (bicyclic) bond motifs is 1. The van der Waals surface area contributed by atoms with Crippen LogP contribution in [0, 0.1) is 5.82 Å². The summed E-state index contributed by atoms with van der Waals surface area (Å²) in [6.45, 7) is 5.96. The van der Waals surface area contributed by atoms with Crippen molar-refractivity contribution < 1.29 is 13.6 Å². The standard InChI is InChI=1S/C22H23FN9O2P/c1-32-11-13(9-27-32)18-28-17-14(5-6-24-19(17)29-18)12-7-15(23)16(25-8-12)10-26-20(33)21-30-31-22(34-21)35(2,3)4/h5-9,11,35H,10H2,1-4H3,(H,26,33)(H,24,28,29). The molecule has 0 aliphatic rings. The van der Waals surface area contributed by atoms with Gasteiger partial charge in [-0.15, -0.1) is 0 Å². The molecule has 0 aliphatic heterocycles. The zero-order valence-corrected chi connectivity index (χ0v) is 20.5. The predicted octanol–water partition coefficient (Wildman–Crippen LogP) is 2.14. The van der Waals surface area contributed by atoms with E-state index in [2.05, 4.69) is 40.5 Å². The summed E-state index contributed by atoms with van der Waals surface area (Å²) in [7, 11) is -0.0174. The minimum absolute atomic E-state index is 0.0791. The summed E-state index contributed by atoms with van der Waals surface area (Å²) in [6.07, 6.45) is 6.69. The molecule has 0 bridgehead atoms. The molecule has 0 radical (unpaired) electrons. The zero-order chi connectivity index (χ0) is 24.7. The number of carbonyl (C=O) groups is 1. The molecule has 5 aromatic rings. The van der Waals surface area contributed by atoms with E-state index < -0.39 is 19.0 Å². The van der Waals surface area contributed by atoms with Crippen molar-refractivity contribution in [2.24, 2.45) is 7.05 Å². The SMILES string of the molecule is Cn1cc(-c2nc3c(-c4cnc(CNC(=O)c5nnc([PH](C)(C)C)o5)c(F)c4)ccnc3[nH]2)cn1. The number of pyridine rings is 2. The van der Waals surface area contributed by atoms with Crippen LogP contribution in [0.1, 0.15) is 16.4 Å². The number of H-pyrrole nitrogens is 1. The van der Waals surface area contributed by atoms with Crippen molar-refractivity contribution in [3.8, 4) is 22.5 Å². The number of hydrogen-bond acceptors (Lipinski definition) is 8. The predicted molar refractivity (Wildman–Crippen MR) is 130 cm³/mol. The number of nitrogens with one attached hydrogen (secondary N) is 2. The number of aromatic amines is 1. The Morgan fingerprint density at radius 1 is 1.20 bits per heavy atom. The van der Waals surface area contributed by atoms with Gasteiger partial charge in [-0.25, -0.2) is 9.97 Å². The van der Waals surface area contributed by atoms with Crippen LogP contribution in [0.5, 0.6) is 0 Å². The van der Waals surface area contributed by atoms with E-state index in [1.165, 1.54) is 12.3 Å². The molecule has 2 N–H and O–H groups in total. The Morgan fingerprint density at radius 2 is 2.03 bits per heavy atom. The van der Waals surface area contributed by atoms with Gasteiger partial charge in [0.2, 0.25) is 0 Å². The van der Waals surface area contributed by atoms with Crippen molar-refractivity contribution in [3.63, 3.8) is 0 Å². The fraction of sp³-hybridized carbons (Fsp3) is 0.227. The van der Waals surface area contributed by atoms with Crippen molar-refractivity contribution in [3.05, 3.63) is 54.3 Å². The topological polar surface area (TPSA) is 140 Å². The summed E-state index contributed by atoms with van der Waals surface area (Å²) in [5.74, 6) is -0.688. The first-order valence-electron chi connectivity index (χ1n) is 10.8. The van der Waals surface area contributed by atoms with Crippen LogP contribution in [-0.2, 0) is 13.6 Å². The molecule has 0 aliphatic carbocycles. The molecule has 0 aromatic carbocycles. The molecule has 11 nitrogen and oxygen atoms in total. The monoisotopic (exact) mass is 495 g/mol. The van der Waals surface area contributed by atoms with Crippen molar-refractivity contribution in [1.82, 2.24) is 45.2 Å². The number of hydrogen-bond donors (Lipinski definition) is 2. The third-order valence-corrected chi connectivity index (χ3v) is 6.75. The average molecular weight is 495 g/mol. The number of aryl methyl sites for hydroxylation is 1. The minimum atomic E-state index is -1.84. The molecule has 0 spiro atoms. The average Bonchev–Trinajstić information content (AvgIpc) is 3.56. The van der Waals surface area contributed by atoms with Gasteiger partial charge in [-0.3, -0.25) is 4.68 Å². The molecule has 13 heteroatoms. The molecule has 0 saturated carbocycles. The Morgan fingerprint density at radius 3 is 2.71 bits per heavy atom. The number of carbonyl (C=O) groups excluding carboxylic acids is 1. The molecule has 5 heterocycles. The Bertz CT molecular complexity index is 1550. The van der Waals surface area contributed by atoms with E-state index in [4.69, 9.17) is 4.42 Å². The third kappa shape index (κ3) is 4.52. The van der Waals surface area contributed by atoms with Gasteiger partial charge in [0, 0.05) is 19.4 Å². The molecule has 5 rings (SSSR count). The molecule has 35 heavy (non-hydrogen) atoms. The van der Waals surface area contributed by atoms with E-state index in [0.29, 0.717) is 33.7 Å². The smallest absolute Gasteiger partial charge is 0.323 e. The van der Waals surface area contributed by atoms with Crippen LogP contribution in [0.4, 0.5) is 4.39 Å².